The third-order valence-electron chi connectivity index (χ3n) is 7.99. The van der Waals surface area contributed by atoms with Crippen LogP contribution < -0.4 is 14.5 Å². The van der Waals surface area contributed by atoms with Crippen LogP contribution in [0.3, 0.4) is 0 Å². The average molecular weight is 569 g/mol. The van der Waals surface area contributed by atoms with E-state index >= 15 is 0 Å². The van der Waals surface area contributed by atoms with E-state index in [1.807, 2.05) is 90.9 Å². The summed E-state index contributed by atoms with van der Waals surface area (Å²) in [6.07, 6.45) is 1.14. The number of methoxy groups -OCH3 is 1. The second-order valence-corrected chi connectivity index (χ2v) is 10.9. The van der Waals surface area contributed by atoms with Gasteiger partial charge in [0.05, 0.1) is 36.0 Å². The van der Waals surface area contributed by atoms with Gasteiger partial charge in [-0.2, -0.15) is 0 Å². The van der Waals surface area contributed by atoms with Crippen molar-refractivity contribution in [1.29, 1.82) is 0 Å². The number of para-hydroxylation sites is 3. The minimum absolute atomic E-state index is 0.0388. The minimum Gasteiger partial charge on any atom is -0.494 e. The number of carbonyl (C=O) groups excluding carboxylic acids is 2. The molecule has 1 saturated heterocycles. The van der Waals surface area contributed by atoms with Gasteiger partial charge in [-0.3, -0.25) is 9.59 Å². The third kappa shape index (κ3) is 5.77. The molecule has 0 radical (unpaired) electrons. The van der Waals surface area contributed by atoms with E-state index in [1.54, 1.807) is 12.0 Å². The van der Waals surface area contributed by atoms with E-state index < -0.39 is 0 Å². The molecule has 0 bridgehead atoms. The number of ether oxygens (including phenoxy) is 2. The molecule has 1 fully saturated rings. The van der Waals surface area contributed by atoms with Crippen molar-refractivity contribution >= 4 is 34.2 Å². The summed E-state index contributed by atoms with van der Waals surface area (Å²) in [6.45, 7) is 9.72. The molecule has 1 aliphatic heterocycles. The Morgan fingerprint density at radius 1 is 1.07 bits per heavy atom. The first-order valence-electron chi connectivity index (χ1n) is 14.7. The van der Waals surface area contributed by atoms with E-state index in [0.29, 0.717) is 26.2 Å². The summed E-state index contributed by atoms with van der Waals surface area (Å²) < 4.78 is 13.1. The maximum absolute atomic E-state index is 14.3. The molecule has 8 nitrogen and oxygen atoms in total. The predicted octanol–water partition coefficient (Wildman–Crippen LogP) is 5.89. The Balaban J connectivity index is 1.50. The minimum atomic E-state index is -0.171. The molecule has 2 atom stereocenters. The van der Waals surface area contributed by atoms with Gasteiger partial charge in [-0.15, -0.1) is 0 Å². The van der Waals surface area contributed by atoms with E-state index in [1.165, 1.54) is 0 Å². The van der Waals surface area contributed by atoms with E-state index in [0.717, 1.165) is 51.5 Å². The zero-order chi connectivity index (χ0) is 29.8. The number of hydrogen-bond donors (Lipinski definition) is 0. The van der Waals surface area contributed by atoms with Gasteiger partial charge in [-0.1, -0.05) is 37.3 Å². The van der Waals surface area contributed by atoms with Crippen molar-refractivity contribution < 1.29 is 19.1 Å². The standard InChI is InChI=1S/C34H40N4O4/c1-6-25-12-10-11-23(3)33(25)38(24(4)22-41-5)32(40)21-37-30-14-9-8-13-29(30)35-34(37)26-19-31(39)36(20-26)27-15-17-28(18-16-27)42-7-2/h8-18,24,26H,6-7,19-22H2,1-5H3/t24-,26+/m1/s1. The van der Waals surface area contributed by atoms with Gasteiger partial charge < -0.3 is 23.8 Å². The number of amides is 2. The molecule has 1 aliphatic rings. The maximum atomic E-state index is 14.3. The first-order valence-corrected chi connectivity index (χ1v) is 14.7. The summed E-state index contributed by atoms with van der Waals surface area (Å²) in [7, 11) is 1.66. The molecule has 220 valence electrons. The monoisotopic (exact) mass is 568 g/mol. The van der Waals surface area contributed by atoms with Gasteiger partial charge in [0.2, 0.25) is 11.8 Å². The van der Waals surface area contributed by atoms with Crippen molar-refractivity contribution in [1.82, 2.24) is 9.55 Å². The zero-order valence-electron chi connectivity index (χ0n) is 25.2. The van der Waals surface area contributed by atoms with E-state index in [-0.39, 0.29) is 30.3 Å². The number of hydrogen-bond acceptors (Lipinski definition) is 5. The third-order valence-corrected chi connectivity index (χ3v) is 7.99. The number of aromatic nitrogens is 2. The fourth-order valence-corrected chi connectivity index (χ4v) is 6.06. The SMILES string of the molecule is CCOc1ccc(N2C[C@@H](c3nc4ccccc4n3CC(=O)N(c3c(C)cccc3CC)[C@H](C)COC)CC2=O)cc1. The molecule has 0 saturated carbocycles. The Labute approximate surface area is 247 Å². The van der Waals surface area contributed by atoms with Crippen LogP contribution in [0.5, 0.6) is 5.75 Å². The van der Waals surface area contributed by atoms with Crippen molar-refractivity contribution in [2.45, 2.75) is 59.0 Å². The van der Waals surface area contributed by atoms with Crippen molar-refractivity contribution in [3.05, 3.63) is 83.7 Å². The Morgan fingerprint density at radius 3 is 2.55 bits per heavy atom. The van der Waals surface area contributed by atoms with Crippen LogP contribution in [0.25, 0.3) is 11.0 Å². The number of imidazole rings is 1. The molecular formula is C34H40N4O4. The molecule has 0 N–H and O–H groups in total. The Morgan fingerprint density at radius 2 is 1.83 bits per heavy atom. The zero-order valence-corrected chi connectivity index (χ0v) is 25.2. The van der Waals surface area contributed by atoms with E-state index in [9.17, 15) is 9.59 Å². The maximum Gasteiger partial charge on any atom is 0.247 e. The fraction of sp³-hybridized carbons (Fsp3) is 0.382. The lowest BCUT2D eigenvalue weighted by atomic mass is 10.0. The lowest BCUT2D eigenvalue weighted by molar-refractivity contribution is -0.120. The number of fused-ring (bicyclic) bond motifs is 1. The van der Waals surface area contributed by atoms with Crippen molar-refractivity contribution in [3.8, 4) is 5.75 Å². The summed E-state index contributed by atoms with van der Waals surface area (Å²) in [6, 6.07) is 21.5. The van der Waals surface area contributed by atoms with Gasteiger partial charge in [0.25, 0.3) is 0 Å². The molecule has 3 aromatic carbocycles. The number of carbonyl (C=O) groups is 2. The topological polar surface area (TPSA) is 76.9 Å². The highest BCUT2D eigenvalue weighted by atomic mass is 16.5. The van der Waals surface area contributed by atoms with Crippen LogP contribution >= 0.6 is 0 Å². The number of nitrogens with zero attached hydrogens (tertiary/aromatic N) is 4. The van der Waals surface area contributed by atoms with Gasteiger partial charge in [0, 0.05) is 31.7 Å². The van der Waals surface area contributed by atoms with E-state index in [2.05, 4.69) is 13.0 Å². The number of rotatable bonds is 11. The molecule has 2 amide bonds. The van der Waals surface area contributed by atoms with Crippen LogP contribution in [0.1, 0.15) is 50.1 Å². The van der Waals surface area contributed by atoms with Gasteiger partial charge in [0.15, 0.2) is 0 Å². The highest BCUT2D eigenvalue weighted by molar-refractivity contribution is 5.98. The molecule has 2 heterocycles. The van der Waals surface area contributed by atoms with Crippen molar-refractivity contribution in [2.24, 2.45) is 0 Å². The molecule has 0 unspecified atom stereocenters. The molecule has 1 aromatic heterocycles. The average Bonchev–Trinajstić information content (AvgIpc) is 3.55. The molecule has 5 rings (SSSR count). The number of aryl methyl sites for hydroxylation is 2. The summed E-state index contributed by atoms with van der Waals surface area (Å²) in [5.74, 6) is 1.37. The molecule has 4 aromatic rings. The lowest BCUT2D eigenvalue weighted by Crippen LogP contribution is -2.44. The summed E-state index contributed by atoms with van der Waals surface area (Å²) in [5, 5.41) is 0. The second kappa shape index (κ2) is 12.8. The fourth-order valence-electron chi connectivity index (χ4n) is 6.06. The number of benzene rings is 3. The van der Waals surface area contributed by atoms with Crippen LogP contribution in [0, 0.1) is 6.92 Å². The van der Waals surface area contributed by atoms with Crippen molar-refractivity contribution in [2.75, 3.05) is 36.7 Å². The van der Waals surface area contributed by atoms with E-state index in [4.69, 9.17) is 14.5 Å². The molecular weight excluding hydrogens is 528 g/mol. The van der Waals surface area contributed by atoms with Crippen LogP contribution in [0.4, 0.5) is 11.4 Å². The first-order chi connectivity index (χ1) is 20.4. The van der Waals surface area contributed by atoms with Crippen LogP contribution in [0.15, 0.2) is 66.7 Å². The number of anilines is 2. The van der Waals surface area contributed by atoms with Crippen LogP contribution in [0.2, 0.25) is 0 Å². The molecule has 42 heavy (non-hydrogen) atoms. The summed E-state index contributed by atoms with van der Waals surface area (Å²) in [5.41, 5.74) is 5.64. The molecule has 0 spiro atoms. The first kappa shape index (κ1) is 29.3. The normalized spacial score (nSPS) is 15.8. The quantitative estimate of drug-likeness (QED) is 0.225. The highest BCUT2D eigenvalue weighted by Crippen LogP contribution is 2.35. The largest absolute Gasteiger partial charge is 0.494 e. The van der Waals surface area contributed by atoms with Gasteiger partial charge >= 0.3 is 0 Å². The lowest BCUT2D eigenvalue weighted by Gasteiger charge is -2.32. The molecule has 8 heteroatoms. The summed E-state index contributed by atoms with van der Waals surface area (Å²) in [4.78, 5) is 36.3. The molecule has 0 aliphatic carbocycles. The van der Waals surface area contributed by atoms with Gasteiger partial charge in [-0.25, -0.2) is 4.98 Å². The highest BCUT2D eigenvalue weighted by Gasteiger charge is 2.36. The van der Waals surface area contributed by atoms with Crippen LogP contribution in [-0.4, -0.2) is 54.3 Å². The van der Waals surface area contributed by atoms with Gasteiger partial charge in [0.1, 0.15) is 18.1 Å². The van der Waals surface area contributed by atoms with Crippen LogP contribution in [-0.2, 0) is 27.3 Å². The smallest absolute Gasteiger partial charge is 0.247 e. The van der Waals surface area contributed by atoms with Gasteiger partial charge in [-0.05, 0) is 74.7 Å². The second-order valence-electron chi connectivity index (χ2n) is 10.9. The van der Waals surface area contributed by atoms with Crippen molar-refractivity contribution in [3.63, 3.8) is 0 Å². The Kier molecular flexibility index (Phi) is 8.92. The Bertz CT molecular complexity index is 1560. The predicted molar refractivity (Wildman–Crippen MR) is 166 cm³/mol. The summed E-state index contributed by atoms with van der Waals surface area (Å²) >= 11 is 0. The Hall–Kier alpha value is -4.17.